The minimum absolute atomic E-state index is 0.0231. The highest BCUT2D eigenvalue weighted by molar-refractivity contribution is 5.97. The van der Waals surface area contributed by atoms with Crippen LogP contribution in [0.1, 0.15) is 49.8 Å². The van der Waals surface area contributed by atoms with Gasteiger partial charge in [0.15, 0.2) is 0 Å². The molecule has 5 N–H and O–H groups in total. The van der Waals surface area contributed by atoms with Gasteiger partial charge in [-0.05, 0) is 36.8 Å². The average molecular weight is 432 g/mol. The standard InChI is InChI=1S/C24H29N7O/c1-2-3-4-9-23(32)27-12-13-31-20-8-6-5-7-18(20)30-22(31)15-21-28-17-11-10-16(24(25)26)14-19(17)29-21/h5-8,10-11,14H,2-4,9,12-13,15H2,1H3,(H3,25,26)(H,27,32)(H,28,29). The van der Waals surface area contributed by atoms with Gasteiger partial charge in [-0.1, -0.05) is 31.9 Å². The number of unbranched alkanes of at least 4 members (excludes halogenated alkanes) is 2. The number of rotatable bonds is 10. The molecule has 4 aromatic rings. The van der Waals surface area contributed by atoms with Crippen LogP contribution in [0.3, 0.4) is 0 Å². The van der Waals surface area contributed by atoms with Gasteiger partial charge in [-0.3, -0.25) is 10.2 Å². The van der Waals surface area contributed by atoms with Crippen molar-refractivity contribution in [3.05, 3.63) is 59.7 Å². The SMILES string of the molecule is CCCCCC(=O)NCCn1c(Cc2nc3cc(C(=N)N)ccc3[nH]2)nc2ccccc21. The highest BCUT2D eigenvalue weighted by atomic mass is 16.1. The van der Waals surface area contributed by atoms with E-state index in [4.69, 9.17) is 16.1 Å². The maximum Gasteiger partial charge on any atom is 0.220 e. The number of para-hydroxylation sites is 2. The number of amides is 1. The highest BCUT2D eigenvalue weighted by Crippen LogP contribution is 2.20. The summed E-state index contributed by atoms with van der Waals surface area (Å²) >= 11 is 0. The number of hydrogen-bond donors (Lipinski definition) is 4. The topological polar surface area (TPSA) is 125 Å². The number of imidazole rings is 2. The molecule has 2 aromatic carbocycles. The minimum Gasteiger partial charge on any atom is -0.384 e. The smallest absolute Gasteiger partial charge is 0.220 e. The molecule has 0 aliphatic rings. The first-order valence-electron chi connectivity index (χ1n) is 11.1. The summed E-state index contributed by atoms with van der Waals surface area (Å²) in [6.45, 7) is 3.33. The van der Waals surface area contributed by atoms with E-state index in [1.807, 2.05) is 42.5 Å². The Kier molecular flexibility index (Phi) is 6.49. The van der Waals surface area contributed by atoms with Gasteiger partial charge in [-0.25, -0.2) is 9.97 Å². The summed E-state index contributed by atoms with van der Waals surface area (Å²) in [5.41, 5.74) is 9.88. The van der Waals surface area contributed by atoms with Crippen LogP contribution in [0.25, 0.3) is 22.1 Å². The molecular formula is C24H29N7O. The van der Waals surface area contributed by atoms with Crippen LogP contribution in [0.2, 0.25) is 0 Å². The zero-order chi connectivity index (χ0) is 22.5. The first-order valence-corrected chi connectivity index (χ1v) is 11.1. The summed E-state index contributed by atoms with van der Waals surface area (Å²) in [5, 5.41) is 10.7. The zero-order valence-corrected chi connectivity index (χ0v) is 18.3. The number of nitrogen functional groups attached to an aromatic ring is 1. The number of carbonyl (C=O) groups excluding carboxylic acids is 1. The summed E-state index contributed by atoms with van der Waals surface area (Å²) in [6.07, 6.45) is 4.22. The Morgan fingerprint density at radius 2 is 2.00 bits per heavy atom. The fourth-order valence-electron chi connectivity index (χ4n) is 3.90. The normalized spacial score (nSPS) is 11.3. The number of aromatic nitrogens is 4. The number of aromatic amines is 1. The van der Waals surface area contributed by atoms with Gasteiger partial charge in [0.2, 0.25) is 5.91 Å². The molecule has 0 spiro atoms. The van der Waals surface area contributed by atoms with Crippen molar-refractivity contribution in [3.63, 3.8) is 0 Å². The predicted molar refractivity (Wildman–Crippen MR) is 127 cm³/mol. The quantitative estimate of drug-likeness (QED) is 0.174. The number of nitrogens with one attached hydrogen (secondary N) is 3. The number of carbonyl (C=O) groups is 1. The molecule has 4 rings (SSSR count). The molecule has 2 heterocycles. The molecule has 0 radical (unpaired) electrons. The third-order valence-corrected chi connectivity index (χ3v) is 5.57. The van der Waals surface area contributed by atoms with Gasteiger partial charge >= 0.3 is 0 Å². The molecule has 0 saturated carbocycles. The number of nitrogens with zero attached hydrogens (tertiary/aromatic N) is 3. The van der Waals surface area contributed by atoms with Gasteiger partial charge in [0.1, 0.15) is 17.5 Å². The lowest BCUT2D eigenvalue weighted by atomic mass is 10.2. The molecule has 0 aliphatic carbocycles. The van der Waals surface area contributed by atoms with Crippen molar-refractivity contribution >= 4 is 33.8 Å². The predicted octanol–water partition coefficient (Wildman–Crippen LogP) is 3.48. The fraction of sp³-hybridized carbons (Fsp3) is 0.333. The van der Waals surface area contributed by atoms with Gasteiger partial charge in [0, 0.05) is 25.1 Å². The van der Waals surface area contributed by atoms with E-state index in [1.54, 1.807) is 0 Å². The van der Waals surface area contributed by atoms with Crippen molar-refractivity contribution in [1.29, 1.82) is 5.41 Å². The second-order valence-corrected chi connectivity index (χ2v) is 7.98. The Bertz CT molecular complexity index is 1250. The Balaban J connectivity index is 1.53. The Hall–Kier alpha value is -3.68. The lowest BCUT2D eigenvalue weighted by molar-refractivity contribution is -0.121. The Morgan fingerprint density at radius 1 is 1.16 bits per heavy atom. The zero-order valence-electron chi connectivity index (χ0n) is 18.3. The van der Waals surface area contributed by atoms with Gasteiger partial charge in [0.05, 0.1) is 28.5 Å². The third kappa shape index (κ3) is 4.80. The third-order valence-electron chi connectivity index (χ3n) is 5.57. The van der Waals surface area contributed by atoms with Crippen LogP contribution >= 0.6 is 0 Å². The van der Waals surface area contributed by atoms with Crippen molar-refractivity contribution < 1.29 is 4.79 Å². The van der Waals surface area contributed by atoms with E-state index in [0.29, 0.717) is 31.5 Å². The second-order valence-electron chi connectivity index (χ2n) is 7.98. The number of amidine groups is 1. The molecular weight excluding hydrogens is 402 g/mol. The van der Waals surface area contributed by atoms with E-state index >= 15 is 0 Å². The van der Waals surface area contributed by atoms with Crippen LogP contribution in [0, 0.1) is 5.41 Å². The highest BCUT2D eigenvalue weighted by Gasteiger charge is 2.14. The van der Waals surface area contributed by atoms with Crippen LogP contribution in [0.4, 0.5) is 0 Å². The Morgan fingerprint density at radius 3 is 2.81 bits per heavy atom. The van der Waals surface area contributed by atoms with E-state index in [-0.39, 0.29) is 11.7 Å². The first-order chi connectivity index (χ1) is 15.5. The molecule has 0 saturated heterocycles. The maximum atomic E-state index is 12.1. The molecule has 0 atom stereocenters. The van der Waals surface area contributed by atoms with Gasteiger partial charge in [0.25, 0.3) is 0 Å². The minimum atomic E-state index is 0.0231. The molecule has 2 aromatic heterocycles. The van der Waals surface area contributed by atoms with E-state index in [0.717, 1.165) is 53.0 Å². The van der Waals surface area contributed by atoms with Crippen molar-refractivity contribution in [2.45, 2.75) is 45.6 Å². The summed E-state index contributed by atoms with van der Waals surface area (Å²) in [6, 6.07) is 13.5. The van der Waals surface area contributed by atoms with E-state index in [2.05, 4.69) is 26.8 Å². The van der Waals surface area contributed by atoms with Crippen LogP contribution < -0.4 is 11.1 Å². The van der Waals surface area contributed by atoms with Crippen molar-refractivity contribution in [3.8, 4) is 0 Å². The number of benzene rings is 2. The second kappa shape index (κ2) is 9.64. The summed E-state index contributed by atoms with van der Waals surface area (Å²) < 4.78 is 2.15. The molecule has 8 heteroatoms. The molecule has 0 bridgehead atoms. The van der Waals surface area contributed by atoms with Crippen molar-refractivity contribution in [2.75, 3.05) is 6.54 Å². The number of fused-ring (bicyclic) bond motifs is 2. The maximum absolute atomic E-state index is 12.1. The lowest BCUT2D eigenvalue weighted by Crippen LogP contribution is -2.27. The van der Waals surface area contributed by atoms with Crippen molar-refractivity contribution in [2.24, 2.45) is 5.73 Å². The summed E-state index contributed by atoms with van der Waals surface area (Å²) in [7, 11) is 0. The molecule has 0 fully saturated rings. The molecule has 0 unspecified atom stereocenters. The number of nitrogens with two attached hydrogens (primary N) is 1. The summed E-state index contributed by atoms with van der Waals surface area (Å²) in [4.78, 5) is 24.9. The van der Waals surface area contributed by atoms with Gasteiger partial charge < -0.3 is 20.6 Å². The van der Waals surface area contributed by atoms with E-state index < -0.39 is 0 Å². The fourth-order valence-corrected chi connectivity index (χ4v) is 3.90. The lowest BCUT2D eigenvalue weighted by Gasteiger charge is -2.10. The van der Waals surface area contributed by atoms with Gasteiger partial charge in [-0.2, -0.15) is 0 Å². The molecule has 1 amide bonds. The van der Waals surface area contributed by atoms with Crippen LogP contribution in [-0.4, -0.2) is 37.8 Å². The van der Waals surface area contributed by atoms with Crippen LogP contribution in [0.5, 0.6) is 0 Å². The molecule has 8 nitrogen and oxygen atoms in total. The number of H-pyrrole nitrogens is 1. The van der Waals surface area contributed by atoms with Crippen LogP contribution in [0.15, 0.2) is 42.5 Å². The van der Waals surface area contributed by atoms with Gasteiger partial charge in [-0.15, -0.1) is 0 Å². The molecule has 0 aliphatic heterocycles. The molecule has 166 valence electrons. The largest absolute Gasteiger partial charge is 0.384 e. The average Bonchev–Trinajstić information content (AvgIpc) is 3.34. The monoisotopic (exact) mass is 431 g/mol. The summed E-state index contributed by atoms with van der Waals surface area (Å²) in [5.74, 6) is 1.80. The van der Waals surface area contributed by atoms with E-state index in [9.17, 15) is 4.79 Å². The van der Waals surface area contributed by atoms with Crippen LogP contribution in [-0.2, 0) is 17.8 Å². The molecule has 32 heavy (non-hydrogen) atoms. The van der Waals surface area contributed by atoms with Crippen molar-refractivity contribution in [1.82, 2.24) is 24.8 Å². The van der Waals surface area contributed by atoms with E-state index in [1.165, 1.54) is 0 Å². The number of hydrogen-bond acceptors (Lipinski definition) is 4. The first kappa shape index (κ1) is 21.5. The Labute approximate surface area is 186 Å².